The Hall–Kier alpha value is -1.15. The van der Waals surface area contributed by atoms with E-state index in [0.717, 1.165) is 0 Å². The van der Waals surface area contributed by atoms with Crippen molar-refractivity contribution in [2.24, 2.45) is 5.73 Å². The molecule has 0 atom stereocenters. The van der Waals surface area contributed by atoms with Gasteiger partial charge >= 0.3 is 0 Å². The van der Waals surface area contributed by atoms with Crippen LogP contribution in [0.15, 0.2) is 29.2 Å². The molecule has 0 aliphatic heterocycles. The minimum absolute atomic E-state index is 0. The van der Waals surface area contributed by atoms with Gasteiger partial charge in [-0.2, -0.15) is 0 Å². The number of halogens is 1. The maximum Gasteiger partial charge on any atom is 0.251 e. The predicted octanol–water partition coefficient (Wildman–Crippen LogP) is 0.0951. The van der Waals surface area contributed by atoms with E-state index in [1.165, 1.54) is 31.3 Å². The fourth-order valence-electron chi connectivity index (χ4n) is 1.32. The van der Waals surface area contributed by atoms with Crippen LogP contribution in [0.2, 0.25) is 0 Å². The van der Waals surface area contributed by atoms with Crippen LogP contribution in [0.25, 0.3) is 0 Å². The van der Waals surface area contributed by atoms with Gasteiger partial charge in [-0.15, -0.1) is 12.4 Å². The summed E-state index contributed by atoms with van der Waals surface area (Å²) in [6.45, 7) is 0.730. The molecule has 1 rings (SSSR count). The molecule has 0 aliphatic rings. The van der Waals surface area contributed by atoms with Gasteiger partial charge in [-0.1, -0.05) is 0 Å². The van der Waals surface area contributed by atoms with Gasteiger partial charge in [0, 0.05) is 19.2 Å². The molecule has 0 unspecified atom stereocenters. The van der Waals surface area contributed by atoms with E-state index >= 15 is 0 Å². The molecule has 1 aromatic carbocycles. The summed E-state index contributed by atoms with van der Waals surface area (Å²) in [7, 11) is -2.00. The van der Waals surface area contributed by atoms with Crippen LogP contribution in [0.4, 0.5) is 0 Å². The van der Waals surface area contributed by atoms with Crippen molar-refractivity contribution in [3.05, 3.63) is 29.8 Å². The summed E-state index contributed by atoms with van der Waals surface area (Å²) in [5, 5.41) is 2.46. The summed E-state index contributed by atoms with van der Waals surface area (Å²) in [6, 6.07) is 5.73. The number of sulfonamides is 1. The molecule has 0 aliphatic carbocycles. The molecule has 0 heterocycles. The Morgan fingerprint density at radius 3 is 2.32 bits per heavy atom. The summed E-state index contributed by atoms with van der Waals surface area (Å²) in [5.74, 6) is -0.255. The second-order valence-corrected chi connectivity index (χ2v) is 5.41. The fraction of sp³-hybridized carbons (Fsp3) is 0.364. The number of hydrogen-bond donors (Lipinski definition) is 3. The van der Waals surface area contributed by atoms with Gasteiger partial charge in [0.2, 0.25) is 10.0 Å². The van der Waals surface area contributed by atoms with E-state index in [1.54, 1.807) is 0 Å². The lowest BCUT2D eigenvalue weighted by Crippen LogP contribution is -2.26. The van der Waals surface area contributed by atoms with E-state index in [2.05, 4.69) is 10.0 Å². The summed E-state index contributed by atoms with van der Waals surface area (Å²) in [5.41, 5.74) is 5.70. The summed E-state index contributed by atoms with van der Waals surface area (Å²) >= 11 is 0. The highest BCUT2D eigenvalue weighted by Gasteiger charge is 2.13. The maximum atomic E-state index is 11.8. The zero-order valence-corrected chi connectivity index (χ0v) is 12.2. The lowest BCUT2D eigenvalue weighted by Gasteiger charge is -2.06. The lowest BCUT2D eigenvalue weighted by atomic mass is 10.2. The molecule has 0 bridgehead atoms. The van der Waals surface area contributed by atoms with Crippen molar-refractivity contribution >= 4 is 28.3 Å². The Bertz CT molecular complexity index is 502. The Morgan fingerprint density at radius 1 is 1.26 bits per heavy atom. The van der Waals surface area contributed by atoms with Crippen molar-refractivity contribution in [1.29, 1.82) is 0 Å². The van der Waals surface area contributed by atoms with Gasteiger partial charge in [0.15, 0.2) is 0 Å². The van der Waals surface area contributed by atoms with Crippen LogP contribution in [0.3, 0.4) is 0 Å². The summed E-state index contributed by atoms with van der Waals surface area (Å²) in [4.78, 5) is 11.4. The number of carbonyl (C=O) groups is 1. The summed E-state index contributed by atoms with van der Waals surface area (Å²) < 4.78 is 26.0. The molecule has 19 heavy (non-hydrogen) atoms. The second-order valence-electron chi connectivity index (χ2n) is 3.64. The average Bonchev–Trinajstić information content (AvgIpc) is 2.38. The smallest absolute Gasteiger partial charge is 0.251 e. The third-order valence-corrected chi connectivity index (χ3v) is 3.80. The van der Waals surface area contributed by atoms with Crippen LogP contribution in [-0.2, 0) is 10.0 Å². The number of benzene rings is 1. The number of hydrogen-bond acceptors (Lipinski definition) is 4. The van der Waals surface area contributed by atoms with E-state index in [-0.39, 0.29) is 23.2 Å². The largest absolute Gasteiger partial charge is 0.355 e. The molecule has 1 aromatic rings. The second kappa shape index (κ2) is 8.11. The number of amides is 1. The summed E-state index contributed by atoms with van der Waals surface area (Å²) in [6.07, 6.45) is 0.579. The third kappa shape index (κ3) is 5.15. The van der Waals surface area contributed by atoms with Crippen molar-refractivity contribution in [1.82, 2.24) is 10.0 Å². The first kappa shape index (κ1) is 17.8. The average molecular weight is 308 g/mol. The van der Waals surface area contributed by atoms with Crippen LogP contribution in [0.1, 0.15) is 16.8 Å². The quantitative estimate of drug-likeness (QED) is 0.649. The molecule has 1 amide bonds. The molecule has 0 saturated heterocycles. The molecule has 108 valence electrons. The molecular formula is C11H18ClN3O3S. The zero-order chi connectivity index (χ0) is 13.6. The van der Waals surface area contributed by atoms with Crippen LogP contribution in [0, 0.1) is 0 Å². The molecule has 0 spiro atoms. The molecule has 4 N–H and O–H groups in total. The Labute approximate surface area is 119 Å². The van der Waals surface area contributed by atoms with Gasteiger partial charge in [0.25, 0.3) is 5.91 Å². The molecule has 8 heteroatoms. The first-order valence-corrected chi connectivity index (χ1v) is 7.01. The van der Waals surface area contributed by atoms with Gasteiger partial charge in [-0.25, -0.2) is 13.1 Å². The van der Waals surface area contributed by atoms with Gasteiger partial charge in [0.1, 0.15) is 0 Å². The molecular weight excluding hydrogens is 290 g/mol. The van der Waals surface area contributed by atoms with E-state index < -0.39 is 10.0 Å². The molecule has 0 radical (unpaired) electrons. The Morgan fingerprint density at radius 2 is 1.84 bits per heavy atom. The fourth-order valence-corrected chi connectivity index (χ4v) is 2.40. The van der Waals surface area contributed by atoms with E-state index in [1.807, 2.05) is 0 Å². The monoisotopic (exact) mass is 307 g/mol. The van der Waals surface area contributed by atoms with Crippen molar-refractivity contribution in [2.75, 3.05) is 20.1 Å². The number of carbonyl (C=O) groups excluding carboxylic acids is 1. The first-order valence-electron chi connectivity index (χ1n) is 5.53. The topological polar surface area (TPSA) is 101 Å². The van der Waals surface area contributed by atoms with E-state index in [0.29, 0.717) is 25.1 Å². The maximum absolute atomic E-state index is 11.8. The molecule has 0 fully saturated rings. The third-order valence-electron chi connectivity index (χ3n) is 2.33. The normalized spacial score (nSPS) is 10.6. The molecule has 0 saturated carbocycles. The van der Waals surface area contributed by atoms with E-state index in [9.17, 15) is 13.2 Å². The van der Waals surface area contributed by atoms with Gasteiger partial charge < -0.3 is 11.1 Å². The van der Waals surface area contributed by atoms with Crippen molar-refractivity contribution in [3.63, 3.8) is 0 Å². The van der Waals surface area contributed by atoms with Gasteiger partial charge in [-0.3, -0.25) is 4.79 Å². The highest BCUT2D eigenvalue weighted by molar-refractivity contribution is 7.89. The van der Waals surface area contributed by atoms with Crippen molar-refractivity contribution in [2.45, 2.75) is 11.3 Å². The Balaban J connectivity index is 0.00000324. The van der Waals surface area contributed by atoms with Gasteiger partial charge in [0.05, 0.1) is 4.90 Å². The Kier molecular flexibility index (Phi) is 7.62. The molecule has 6 nitrogen and oxygen atoms in total. The van der Waals surface area contributed by atoms with Crippen LogP contribution in [-0.4, -0.2) is 34.5 Å². The predicted molar refractivity (Wildman–Crippen MR) is 75.9 cm³/mol. The van der Waals surface area contributed by atoms with Crippen LogP contribution in [0.5, 0.6) is 0 Å². The zero-order valence-electron chi connectivity index (χ0n) is 10.5. The number of nitrogens with two attached hydrogens (primary N) is 1. The molecule has 0 aromatic heterocycles. The minimum atomic E-state index is -3.52. The SMILES string of the molecule is CNC(=O)c1ccc(S(=O)(=O)NCCCN)cc1.Cl. The van der Waals surface area contributed by atoms with Crippen LogP contribution < -0.4 is 15.8 Å². The first-order chi connectivity index (χ1) is 8.51. The van der Waals surface area contributed by atoms with Crippen molar-refractivity contribution < 1.29 is 13.2 Å². The lowest BCUT2D eigenvalue weighted by molar-refractivity contribution is 0.0963. The van der Waals surface area contributed by atoms with Crippen LogP contribution >= 0.6 is 12.4 Å². The van der Waals surface area contributed by atoms with Crippen molar-refractivity contribution in [3.8, 4) is 0 Å². The number of rotatable bonds is 6. The van der Waals surface area contributed by atoms with E-state index in [4.69, 9.17) is 5.73 Å². The highest BCUT2D eigenvalue weighted by atomic mass is 35.5. The minimum Gasteiger partial charge on any atom is -0.355 e. The highest BCUT2D eigenvalue weighted by Crippen LogP contribution is 2.10. The standard InChI is InChI=1S/C11H17N3O3S.ClH/c1-13-11(15)9-3-5-10(6-4-9)18(16,17)14-8-2-7-12;/h3-6,14H,2,7-8,12H2,1H3,(H,13,15);1H. The number of nitrogens with one attached hydrogen (secondary N) is 2. The van der Waals surface area contributed by atoms with Gasteiger partial charge in [-0.05, 0) is 37.2 Å².